The minimum atomic E-state index is -3.75. The average Bonchev–Trinajstić information content (AvgIpc) is 2.46. The largest absolute Gasteiger partial charge is 0.389 e. The third-order valence-corrected chi connectivity index (χ3v) is 5.46. The fraction of sp³-hybridized carbons (Fsp3) is 0.500. The summed E-state index contributed by atoms with van der Waals surface area (Å²) in [6.07, 6.45) is 4.08. The maximum Gasteiger partial charge on any atom is 0.240 e. The highest BCUT2D eigenvalue weighted by molar-refractivity contribution is 7.89. The van der Waals surface area contributed by atoms with Crippen LogP contribution in [0.1, 0.15) is 37.7 Å². The van der Waals surface area contributed by atoms with Crippen molar-refractivity contribution in [3.05, 3.63) is 28.8 Å². The third-order valence-electron chi connectivity index (χ3n) is 3.75. The van der Waals surface area contributed by atoms with Crippen LogP contribution in [0.15, 0.2) is 23.1 Å². The number of halogens is 1. The van der Waals surface area contributed by atoms with Crippen LogP contribution < -0.4 is 4.72 Å². The first-order chi connectivity index (χ1) is 9.86. The van der Waals surface area contributed by atoms with E-state index in [1.165, 1.54) is 18.2 Å². The Morgan fingerprint density at radius 3 is 2.57 bits per heavy atom. The second-order valence-electron chi connectivity index (χ2n) is 5.36. The molecule has 1 saturated carbocycles. The summed E-state index contributed by atoms with van der Waals surface area (Å²) < 4.78 is 26.8. The molecule has 1 fully saturated rings. The Kier molecular flexibility index (Phi) is 4.89. The summed E-state index contributed by atoms with van der Waals surface area (Å²) in [5.41, 5.74) is -0.747. The van der Waals surface area contributed by atoms with Crippen LogP contribution in [0.4, 0.5) is 0 Å². The van der Waals surface area contributed by atoms with Crippen LogP contribution in [0, 0.1) is 11.3 Å². The first-order valence-corrected chi connectivity index (χ1v) is 8.64. The molecule has 114 valence electrons. The van der Waals surface area contributed by atoms with Crippen molar-refractivity contribution in [3.8, 4) is 6.07 Å². The van der Waals surface area contributed by atoms with Gasteiger partial charge in [-0.2, -0.15) is 5.26 Å². The van der Waals surface area contributed by atoms with Crippen molar-refractivity contribution in [3.63, 3.8) is 0 Å². The van der Waals surface area contributed by atoms with Gasteiger partial charge in [0.1, 0.15) is 6.07 Å². The number of sulfonamides is 1. The molecule has 1 aromatic carbocycles. The molecule has 7 heteroatoms. The van der Waals surface area contributed by atoms with Gasteiger partial charge >= 0.3 is 0 Å². The maximum atomic E-state index is 12.2. The van der Waals surface area contributed by atoms with Crippen molar-refractivity contribution >= 4 is 21.6 Å². The highest BCUT2D eigenvalue weighted by Gasteiger charge is 2.31. The van der Waals surface area contributed by atoms with Gasteiger partial charge in [0.25, 0.3) is 0 Å². The van der Waals surface area contributed by atoms with Gasteiger partial charge in [0, 0.05) is 6.54 Å². The van der Waals surface area contributed by atoms with Gasteiger partial charge in [-0.25, -0.2) is 13.1 Å². The normalized spacial score (nSPS) is 18.1. The van der Waals surface area contributed by atoms with E-state index in [-0.39, 0.29) is 22.0 Å². The molecule has 0 bridgehead atoms. The van der Waals surface area contributed by atoms with Crippen LogP contribution in [-0.4, -0.2) is 25.7 Å². The number of benzene rings is 1. The van der Waals surface area contributed by atoms with Gasteiger partial charge in [-0.3, -0.25) is 0 Å². The lowest BCUT2D eigenvalue weighted by atomic mass is 9.85. The van der Waals surface area contributed by atoms with Gasteiger partial charge in [-0.15, -0.1) is 0 Å². The second kappa shape index (κ2) is 6.32. The molecule has 0 spiro atoms. The van der Waals surface area contributed by atoms with Crippen LogP contribution in [-0.2, 0) is 10.0 Å². The quantitative estimate of drug-likeness (QED) is 0.886. The zero-order valence-electron chi connectivity index (χ0n) is 11.5. The Hall–Kier alpha value is -1.13. The van der Waals surface area contributed by atoms with Gasteiger partial charge in [0.05, 0.1) is 21.1 Å². The molecule has 2 rings (SSSR count). The van der Waals surface area contributed by atoms with Crippen LogP contribution in [0.25, 0.3) is 0 Å². The molecule has 1 aliphatic rings. The number of nitrogens with zero attached hydrogens (tertiary/aromatic N) is 1. The summed E-state index contributed by atoms with van der Waals surface area (Å²) in [4.78, 5) is -0.00842. The molecule has 0 aliphatic heterocycles. The molecule has 0 atom stereocenters. The fourth-order valence-electron chi connectivity index (χ4n) is 2.45. The molecule has 0 saturated heterocycles. The molecule has 1 aliphatic carbocycles. The van der Waals surface area contributed by atoms with Crippen molar-refractivity contribution in [2.75, 3.05) is 6.54 Å². The van der Waals surface area contributed by atoms with E-state index < -0.39 is 15.6 Å². The van der Waals surface area contributed by atoms with Crippen molar-refractivity contribution in [2.24, 2.45) is 0 Å². The molecule has 0 heterocycles. The minimum absolute atomic E-state index is 0.00699. The number of nitrogens with one attached hydrogen (secondary N) is 1. The first kappa shape index (κ1) is 16.2. The molecule has 0 aromatic heterocycles. The topological polar surface area (TPSA) is 90.2 Å². The van der Waals surface area contributed by atoms with Crippen molar-refractivity contribution in [1.29, 1.82) is 5.26 Å². The smallest absolute Gasteiger partial charge is 0.240 e. The number of hydrogen-bond acceptors (Lipinski definition) is 4. The van der Waals surface area contributed by atoms with Crippen LogP contribution in [0.3, 0.4) is 0 Å². The molecule has 0 unspecified atom stereocenters. The van der Waals surface area contributed by atoms with E-state index in [2.05, 4.69) is 4.72 Å². The number of aliphatic hydroxyl groups is 1. The van der Waals surface area contributed by atoms with Gasteiger partial charge in [0.2, 0.25) is 10.0 Å². The van der Waals surface area contributed by atoms with Gasteiger partial charge < -0.3 is 5.11 Å². The van der Waals surface area contributed by atoms with Crippen LogP contribution >= 0.6 is 11.6 Å². The van der Waals surface area contributed by atoms with E-state index in [0.29, 0.717) is 12.8 Å². The fourth-order valence-corrected chi connectivity index (χ4v) is 3.89. The Morgan fingerprint density at radius 1 is 1.33 bits per heavy atom. The molecular formula is C14H17ClN2O3S. The van der Waals surface area contributed by atoms with Gasteiger partial charge in [-0.05, 0) is 31.0 Å². The lowest BCUT2D eigenvalue weighted by Gasteiger charge is -2.32. The first-order valence-electron chi connectivity index (χ1n) is 6.78. The maximum absolute atomic E-state index is 12.2. The summed E-state index contributed by atoms with van der Waals surface area (Å²) in [5, 5.41) is 19.2. The molecular weight excluding hydrogens is 312 g/mol. The summed E-state index contributed by atoms with van der Waals surface area (Å²) in [5.74, 6) is 0. The number of hydrogen-bond donors (Lipinski definition) is 2. The monoisotopic (exact) mass is 328 g/mol. The summed E-state index contributed by atoms with van der Waals surface area (Å²) in [6.45, 7) is -0.00699. The molecule has 1 aromatic rings. The second-order valence-corrected chi connectivity index (χ2v) is 7.54. The van der Waals surface area contributed by atoms with Crippen molar-refractivity contribution in [2.45, 2.75) is 42.6 Å². The molecule has 21 heavy (non-hydrogen) atoms. The zero-order valence-corrected chi connectivity index (χ0v) is 13.0. The van der Waals surface area contributed by atoms with E-state index in [4.69, 9.17) is 16.9 Å². The third kappa shape index (κ3) is 3.95. The van der Waals surface area contributed by atoms with Crippen molar-refractivity contribution in [1.82, 2.24) is 4.72 Å². The minimum Gasteiger partial charge on any atom is -0.389 e. The number of rotatable bonds is 4. The van der Waals surface area contributed by atoms with Gasteiger partial charge in [0.15, 0.2) is 0 Å². The standard InChI is InChI=1S/C14H17ClN2O3S/c15-13-8-12(5-4-11(13)9-16)21(19,20)17-10-14(18)6-2-1-3-7-14/h4-5,8,17-18H,1-3,6-7,10H2. The highest BCUT2D eigenvalue weighted by atomic mass is 35.5. The Balaban J connectivity index is 2.11. The van der Waals surface area contributed by atoms with E-state index in [9.17, 15) is 13.5 Å². The average molecular weight is 329 g/mol. The molecule has 0 radical (unpaired) electrons. The van der Waals surface area contributed by atoms with E-state index in [0.717, 1.165) is 19.3 Å². The Morgan fingerprint density at radius 2 is 2.00 bits per heavy atom. The SMILES string of the molecule is N#Cc1ccc(S(=O)(=O)NCC2(O)CCCCC2)cc1Cl. The summed E-state index contributed by atoms with van der Waals surface area (Å²) >= 11 is 5.85. The predicted octanol–water partition coefficient (Wildman–Crippen LogP) is 2.19. The zero-order chi connectivity index (χ0) is 15.5. The van der Waals surface area contributed by atoms with Gasteiger partial charge in [-0.1, -0.05) is 30.9 Å². The summed E-state index contributed by atoms with van der Waals surface area (Å²) in [7, 11) is -3.75. The highest BCUT2D eigenvalue weighted by Crippen LogP contribution is 2.28. The lowest BCUT2D eigenvalue weighted by molar-refractivity contribution is 0.00945. The predicted molar refractivity (Wildman–Crippen MR) is 79.4 cm³/mol. The van der Waals surface area contributed by atoms with E-state index in [1.54, 1.807) is 0 Å². The molecule has 2 N–H and O–H groups in total. The Bertz CT molecular complexity index is 661. The number of nitriles is 1. The molecule has 5 nitrogen and oxygen atoms in total. The van der Waals surface area contributed by atoms with E-state index >= 15 is 0 Å². The van der Waals surface area contributed by atoms with Crippen LogP contribution in [0.5, 0.6) is 0 Å². The van der Waals surface area contributed by atoms with E-state index in [1.807, 2.05) is 6.07 Å². The van der Waals surface area contributed by atoms with Crippen molar-refractivity contribution < 1.29 is 13.5 Å². The molecule has 0 amide bonds. The lowest BCUT2D eigenvalue weighted by Crippen LogP contribution is -2.44. The summed E-state index contributed by atoms with van der Waals surface area (Å²) in [6, 6.07) is 5.82. The Labute approximate surface area is 129 Å². The van der Waals surface area contributed by atoms with Crippen LogP contribution in [0.2, 0.25) is 5.02 Å².